The normalized spacial score (nSPS) is 14.4. The van der Waals surface area contributed by atoms with Gasteiger partial charge in [-0.1, -0.05) is 55.3 Å². The van der Waals surface area contributed by atoms with Gasteiger partial charge >= 0.3 is 0 Å². The minimum Gasteiger partial charge on any atom is -0.494 e. The highest BCUT2D eigenvalue weighted by Gasteiger charge is 2.19. The zero-order valence-corrected chi connectivity index (χ0v) is 19.6. The molecule has 0 saturated carbocycles. The van der Waals surface area contributed by atoms with Crippen LogP contribution in [0.3, 0.4) is 0 Å². The first-order valence-electron chi connectivity index (χ1n) is 11.2. The lowest BCUT2D eigenvalue weighted by molar-refractivity contribution is 0.309. The summed E-state index contributed by atoms with van der Waals surface area (Å²) in [4.78, 5) is 4.29. The van der Waals surface area contributed by atoms with Crippen molar-refractivity contribution in [2.75, 3.05) is 39.7 Å². The van der Waals surface area contributed by atoms with Gasteiger partial charge in [0.25, 0.3) is 0 Å². The van der Waals surface area contributed by atoms with Crippen LogP contribution in [0.15, 0.2) is 84.1 Å². The molecule has 3 heteroatoms. The Morgan fingerprint density at radius 3 is 2.06 bits per heavy atom. The molecule has 0 radical (unpaired) electrons. The summed E-state index contributed by atoms with van der Waals surface area (Å²) in [6, 6.07) is 17.6. The minimum absolute atomic E-state index is 0.211. The Bertz CT molecular complexity index is 918. The molecule has 3 rings (SSSR count). The van der Waals surface area contributed by atoms with Gasteiger partial charge in [0.05, 0.1) is 6.61 Å². The van der Waals surface area contributed by atoms with Gasteiger partial charge in [0.1, 0.15) is 5.75 Å². The van der Waals surface area contributed by atoms with Gasteiger partial charge in [-0.25, -0.2) is 0 Å². The first kappa shape index (κ1) is 22.7. The van der Waals surface area contributed by atoms with E-state index in [1.54, 1.807) is 0 Å². The molecular weight excluding hydrogens is 380 g/mol. The van der Waals surface area contributed by atoms with Crippen molar-refractivity contribution in [1.82, 2.24) is 4.90 Å². The number of unbranched alkanes of at least 4 members (excludes halogenated alkanes) is 1. The molecule has 2 aromatic carbocycles. The number of rotatable bonds is 9. The van der Waals surface area contributed by atoms with Crippen molar-refractivity contribution in [3.8, 4) is 5.75 Å². The molecule has 31 heavy (non-hydrogen) atoms. The monoisotopic (exact) mass is 416 g/mol. The molecule has 1 unspecified atom stereocenters. The van der Waals surface area contributed by atoms with Gasteiger partial charge in [0.15, 0.2) is 0 Å². The Labute approximate surface area is 188 Å². The summed E-state index contributed by atoms with van der Waals surface area (Å²) in [5, 5.41) is 0. The maximum atomic E-state index is 5.89. The zero-order chi connectivity index (χ0) is 22.2. The summed E-state index contributed by atoms with van der Waals surface area (Å²) in [7, 11) is 8.33. The van der Waals surface area contributed by atoms with Crippen molar-refractivity contribution in [3.05, 3.63) is 95.2 Å². The number of likely N-dealkylation sites (N-methyl/N-ethyl adjacent to an activating group) is 1. The van der Waals surface area contributed by atoms with Crippen LogP contribution in [0.1, 0.15) is 43.2 Å². The number of allylic oxidation sites excluding steroid dienone is 5. The molecule has 0 spiro atoms. The second-order valence-corrected chi connectivity index (χ2v) is 8.52. The SMILES string of the molecule is CCCCOc1ccc(C(C2=CC=C(N(C)C)C=CC2)c2ccc(N(C)C)cc2)cc1. The highest BCUT2D eigenvalue weighted by atomic mass is 16.5. The van der Waals surface area contributed by atoms with Gasteiger partial charge in [-0.05, 0) is 60.4 Å². The van der Waals surface area contributed by atoms with Crippen LogP contribution in [0.2, 0.25) is 0 Å². The predicted molar refractivity (Wildman–Crippen MR) is 133 cm³/mol. The Hall–Kier alpha value is -2.94. The molecular formula is C28H36N2O. The fourth-order valence-corrected chi connectivity index (χ4v) is 3.82. The summed E-state index contributed by atoms with van der Waals surface area (Å²) in [6.07, 6.45) is 12.2. The molecule has 0 amide bonds. The van der Waals surface area contributed by atoms with E-state index >= 15 is 0 Å². The molecule has 0 N–H and O–H groups in total. The van der Waals surface area contributed by atoms with Gasteiger partial charge in [0.2, 0.25) is 0 Å². The average Bonchev–Trinajstić information content (AvgIpc) is 3.02. The smallest absolute Gasteiger partial charge is 0.119 e. The number of hydrogen-bond acceptors (Lipinski definition) is 3. The lowest BCUT2D eigenvalue weighted by Crippen LogP contribution is -2.09. The highest BCUT2D eigenvalue weighted by molar-refractivity contribution is 5.51. The minimum atomic E-state index is 0.211. The molecule has 0 saturated heterocycles. The topological polar surface area (TPSA) is 15.7 Å². The molecule has 0 aromatic heterocycles. The molecule has 0 fully saturated rings. The third-order valence-corrected chi connectivity index (χ3v) is 5.72. The number of nitrogens with zero attached hydrogens (tertiary/aromatic N) is 2. The summed E-state index contributed by atoms with van der Waals surface area (Å²) in [5.74, 6) is 1.16. The quantitative estimate of drug-likeness (QED) is 0.440. The average molecular weight is 417 g/mol. The number of ether oxygens (including phenoxy) is 1. The maximum Gasteiger partial charge on any atom is 0.119 e. The first-order chi connectivity index (χ1) is 15.0. The molecule has 0 heterocycles. The fraction of sp³-hybridized carbons (Fsp3) is 0.357. The third-order valence-electron chi connectivity index (χ3n) is 5.72. The van der Waals surface area contributed by atoms with E-state index in [-0.39, 0.29) is 5.92 Å². The molecule has 0 bridgehead atoms. The Morgan fingerprint density at radius 1 is 0.839 bits per heavy atom. The largest absolute Gasteiger partial charge is 0.494 e. The summed E-state index contributed by atoms with van der Waals surface area (Å²) >= 11 is 0. The summed E-state index contributed by atoms with van der Waals surface area (Å²) in [5.41, 5.74) is 6.43. The van der Waals surface area contributed by atoms with E-state index in [4.69, 9.17) is 4.74 Å². The molecule has 1 atom stereocenters. The van der Waals surface area contributed by atoms with Crippen LogP contribution >= 0.6 is 0 Å². The van der Waals surface area contributed by atoms with Gasteiger partial charge < -0.3 is 14.5 Å². The molecule has 2 aromatic rings. The van der Waals surface area contributed by atoms with Crippen molar-refractivity contribution < 1.29 is 4.74 Å². The molecule has 1 aliphatic carbocycles. The molecule has 1 aliphatic rings. The van der Waals surface area contributed by atoms with Crippen molar-refractivity contribution >= 4 is 5.69 Å². The Kier molecular flexibility index (Phi) is 8.00. The van der Waals surface area contributed by atoms with Crippen LogP contribution in [0.5, 0.6) is 5.75 Å². The van der Waals surface area contributed by atoms with E-state index in [9.17, 15) is 0 Å². The van der Waals surface area contributed by atoms with Crippen LogP contribution in [0, 0.1) is 0 Å². The Balaban J connectivity index is 1.96. The lowest BCUT2D eigenvalue weighted by atomic mass is 9.83. The van der Waals surface area contributed by atoms with Crippen LogP contribution in [0.25, 0.3) is 0 Å². The zero-order valence-electron chi connectivity index (χ0n) is 19.6. The highest BCUT2D eigenvalue weighted by Crippen LogP contribution is 2.36. The van der Waals surface area contributed by atoms with E-state index < -0.39 is 0 Å². The van der Waals surface area contributed by atoms with E-state index in [2.05, 4.69) is 118 Å². The third kappa shape index (κ3) is 6.04. The van der Waals surface area contributed by atoms with Crippen LogP contribution < -0.4 is 9.64 Å². The van der Waals surface area contributed by atoms with Gasteiger partial charge in [-0.3, -0.25) is 0 Å². The van der Waals surface area contributed by atoms with E-state index in [1.165, 1.54) is 28.1 Å². The number of benzene rings is 2. The summed E-state index contributed by atoms with van der Waals surface area (Å²) in [6.45, 7) is 2.96. The van der Waals surface area contributed by atoms with Crippen LogP contribution in [-0.2, 0) is 0 Å². The van der Waals surface area contributed by atoms with Crippen molar-refractivity contribution in [2.24, 2.45) is 0 Å². The Morgan fingerprint density at radius 2 is 1.48 bits per heavy atom. The maximum absolute atomic E-state index is 5.89. The van der Waals surface area contributed by atoms with Gasteiger partial charge in [-0.15, -0.1) is 0 Å². The first-order valence-corrected chi connectivity index (χ1v) is 11.2. The predicted octanol–water partition coefficient (Wildman–Crippen LogP) is 6.40. The van der Waals surface area contributed by atoms with Crippen molar-refractivity contribution in [3.63, 3.8) is 0 Å². The lowest BCUT2D eigenvalue weighted by Gasteiger charge is -2.22. The molecule has 3 nitrogen and oxygen atoms in total. The van der Waals surface area contributed by atoms with E-state index in [0.717, 1.165) is 31.6 Å². The summed E-state index contributed by atoms with van der Waals surface area (Å²) < 4.78 is 5.89. The van der Waals surface area contributed by atoms with Gasteiger partial charge in [-0.2, -0.15) is 0 Å². The van der Waals surface area contributed by atoms with Crippen molar-refractivity contribution in [2.45, 2.75) is 32.1 Å². The number of hydrogen-bond donors (Lipinski definition) is 0. The molecule has 0 aliphatic heterocycles. The van der Waals surface area contributed by atoms with Crippen LogP contribution in [0.4, 0.5) is 5.69 Å². The number of anilines is 1. The van der Waals surface area contributed by atoms with Crippen molar-refractivity contribution in [1.29, 1.82) is 0 Å². The van der Waals surface area contributed by atoms with Gasteiger partial charge in [0, 0.05) is 45.5 Å². The van der Waals surface area contributed by atoms with E-state index in [0.29, 0.717) is 0 Å². The second kappa shape index (κ2) is 10.9. The van der Waals surface area contributed by atoms with Crippen LogP contribution in [-0.4, -0.2) is 39.7 Å². The molecule has 164 valence electrons. The van der Waals surface area contributed by atoms with E-state index in [1.807, 2.05) is 0 Å². The second-order valence-electron chi connectivity index (χ2n) is 8.52. The standard InChI is InChI=1S/C28H36N2O/c1-6-7-21-31-27-19-14-24(15-20-27)28(23-12-17-26(18-13-23)30(4)5)22-9-8-10-25(16-11-22)29(2)3/h8,10-20,28H,6-7,9,21H2,1-5H3. The fourth-order valence-electron chi connectivity index (χ4n) is 3.82.